The molecule has 0 saturated carbocycles. The Labute approximate surface area is 116 Å². The number of rotatable bonds is 3. The molecule has 3 rings (SSSR count). The zero-order valence-corrected chi connectivity index (χ0v) is 11.9. The molecule has 1 aliphatic heterocycles. The van der Waals surface area contributed by atoms with E-state index >= 15 is 0 Å². The zero-order chi connectivity index (χ0) is 12.5. The summed E-state index contributed by atoms with van der Waals surface area (Å²) in [5.74, 6) is 7.37. The van der Waals surface area contributed by atoms with Crippen LogP contribution < -0.4 is 11.3 Å². The third-order valence-corrected chi connectivity index (χ3v) is 5.68. The third-order valence-electron chi connectivity index (χ3n) is 3.39. The number of hydrazine groups is 1. The van der Waals surface area contributed by atoms with Crippen molar-refractivity contribution < 1.29 is 0 Å². The van der Waals surface area contributed by atoms with Crippen LogP contribution in [0.2, 0.25) is 0 Å². The molecule has 3 N–H and O–H groups in total. The van der Waals surface area contributed by atoms with Gasteiger partial charge in [-0.15, -0.1) is 23.1 Å². The largest absolute Gasteiger partial charge is 0.271 e. The van der Waals surface area contributed by atoms with E-state index in [0.717, 1.165) is 5.75 Å². The summed E-state index contributed by atoms with van der Waals surface area (Å²) in [6, 6.07) is 13.2. The molecule has 1 aromatic heterocycles. The summed E-state index contributed by atoms with van der Waals surface area (Å²) in [7, 11) is 0. The van der Waals surface area contributed by atoms with Gasteiger partial charge in [-0.1, -0.05) is 18.2 Å². The van der Waals surface area contributed by atoms with Crippen molar-refractivity contribution in [3.8, 4) is 0 Å². The van der Waals surface area contributed by atoms with Crippen molar-refractivity contribution in [3.05, 3.63) is 51.7 Å². The van der Waals surface area contributed by atoms with Crippen molar-refractivity contribution in [2.75, 3.05) is 5.75 Å². The van der Waals surface area contributed by atoms with E-state index in [9.17, 15) is 0 Å². The first-order chi connectivity index (χ1) is 8.79. The average molecular weight is 276 g/mol. The summed E-state index contributed by atoms with van der Waals surface area (Å²) < 4.78 is 0. The second kappa shape index (κ2) is 5.05. The third kappa shape index (κ3) is 2.10. The fourth-order valence-electron chi connectivity index (χ4n) is 2.48. The zero-order valence-electron chi connectivity index (χ0n) is 10.2. The summed E-state index contributed by atoms with van der Waals surface area (Å²) in [6.07, 6.45) is 0. The highest BCUT2D eigenvalue weighted by Gasteiger charge is 2.31. The van der Waals surface area contributed by atoms with Crippen molar-refractivity contribution in [2.24, 2.45) is 5.84 Å². The SMILES string of the molecule is Cc1ccc(C(NN)C2CSc3ccccc32)s1. The van der Waals surface area contributed by atoms with Crippen molar-refractivity contribution in [2.45, 2.75) is 23.8 Å². The Balaban J connectivity index is 1.95. The number of benzene rings is 1. The number of hydrogen-bond donors (Lipinski definition) is 2. The summed E-state index contributed by atoms with van der Waals surface area (Å²) in [6.45, 7) is 2.14. The van der Waals surface area contributed by atoms with Gasteiger partial charge in [-0.05, 0) is 30.7 Å². The Morgan fingerprint density at radius 2 is 2.11 bits per heavy atom. The van der Waals surface area contributed by atoms with Gasteiger partial charge in [0, 0.05) is 26.3 Å². The number of aryl methyl sites for hydroxylation is 1. The number of hydrogen-bond acceptors (Lipinski definition) is 4. The number of nitrogens with two attached hydrogens (primary N) is 1. The molecular formula is C14H16N2S2. The molecular weight excluding hydrogens is 260 g/mol. The monoisotopic (exact) mass is 276 g/mol. The Morgan fingerprint density at radius 3 is 2.83 bits per heavy atom. The van der Waals surface area contributed by atoms with Crippen LogP contribution in [0.5, 0.6) is 0 Å². The summed E-state index contributed by atoms with van der Waals surface area (Å²) in [5.41, 5.74) is 4.44. The van der Waals surface area contributed by atoms with Crippen LogP contribution in [0.1, 0.15) is 27.3 Å². The van der Waals surface area contributed by atoms with E-state index in [-0.39, 0.29) is 6.04 Å². The van der Waals surface area contributed by atoms with Crippen LogP contribution in [0, 0.1) is 6.92 Å². The minimum atomic E-state index is 0.222. The minimum absolute atomic E-state index is 0.222. The molecule has 0 aliphatic carbocycles. The van der Waals surface area contributed by atoms with Crippen molar-refractivity contribution in [3.63, 3.8) is 0 Å². The molecule has 1 aliphatic rings. The number of thioether (sulfide) groups is 1. The highest BCUT2D eigenvalue weighted by Crippen LogP contribution is 2.46. The molecule has 0 saturated heterocycles. The predicted octanol–water partition coefficient (Wildman–Crippen LogP) is 3.45. The van der Waals surface area contributed by atoms with Crippen molar-refractivity contribution in [1.29, 1.82) is 0 Å². The molecule has 2 atom stereocenters. The molecule has 2 aromatic rings. The lowest BCUT2D eigenvalue weighted by molar-refractivity contribution is 0.493. The Hall–Kier alpha value is -0.810. The van der Waals surface area contributed by atoms with E-state index in [1.165, 1.54) is 20.2 Å². The predicted molar refractivity (Wildman–Crippen MR) is 79.0 cm³/mol. The van der Waals surface area contributed by atoms with Gasteiger partial charge in [0.1, 0.15) is 0 Å². The van der Waals surface area contributed by atoms with E-state index < -0.39 is 0 Å². The van der Waals surface area contributed by atoms with Gasteiger partial charge in [0.15, 0.2) is 0 Å². The minimum Gasteiger partial charge on any atom is -0.271 e. The summed E-state index contributed by atoms with van der Waals surface area (Å²) in [4.78, 5) is 4.07. The van der Waals surface area contributed by atoms with Crippen molar-refractivity contribution in [1.82, 2.24) is 5.43 Å². The van der Waals surface area contributed by atoms with Gasteiger partial charge in [-0.25, -0.2) is 0 Å². The maximum Gasteiger partial charge on any atom is 0.0630 e. The molecule has 0 fully saturated rings. The van der Waals surface area contributed by atoms with E-state index in [1.54, 1.807) is 0 Å². The second-order valence-electron chi connectivity index (χ2n) is 4.55. The Morgan fingerprint density at radius 1 is 1.28 bits per heavy atom. The van der Waals surface area contributed by atoms with Gasteiger partial charge in [-0.2, -0.15) is 0 Å². The van der Waals surface area contributed by atoms with Crippen LogP contribution in [0.4, 0.5) is 0 Å². The van der Waals surface area contributed by atoms with Gasteiger partial charge in [0.2, 0.25) is 0 Å². The van der Waals surface area contributed by atoms with Gasteiger partial charge >= 0.3 is 0 Å². The highest BCUT2D eigenvalue weighted by molar-refractivity contribution is 7.99. The van der Waals surface area contributed by atoms with Crippen LogP contribution in [-0.4, -0.2) is 5.75 Å². The molecule has 0 bridgehead atoms. The molecule has 18 heavy (non-hydrogen) atoms. The molecule has 0 radical (unpaired) electrons. The first kappa shape index (κ1) is 12.2. The van der Waals surface area contributed by atoms with Crippen LogP contribution >= 0.6 is 23.1 Å². The van der Waals surface area contributed by atoms with Gasteiger partial charge < -0.3 is 0 Å². The average Bonchev–Trinajstić information content (AvgIpc) is 2.98. The topological polar surface area (TPSA) is 38.0 Å². The Kier molecular flexibility index (Phi) is 3.43. The van der Waals surface area contributed by atoms with Crippen LogP contribution in [0.15, 0.2) is 41.3 Å². The lowest BCUT2D eigenvalue weighted by Gasteiger charge is -2.22. The number of fused-ring (bicyclic) bond motifs is 1. The molecule has 2 unspecified atom stereocenters. The lowest BCUT2D eigenvalue weighted by atomic mass is 9.93. The fraction of sp³-hybridized carbons (Fsp3) is 0.286. The van der Waals surface area contributed by atoms with Crippen LogP contribution in [0.3, 0.4) is 0 Å². The normalized spacial score (nSPS) is 19.8. The van der Waals surface area contributed by atoms with Crippen LogP contribution in [0.25, 0.3) is 0 Å². The molecule has 0 spiro atoms. The van der Waals surface area contributed by atoms with Gasteiger partial charge in [0.25, 0.3) is 0 Å². The first-order valence-corrected chi connectivity index (χ1v) is 7.84. The van der Waals surface area contributed by atoms with E-state index in [2.05, 4.69) is 48.7 Å². The molecule has 1 aromatic carbocycles. The molecule has 2 nitrogen and oxygen atoms in total. The quantitative estimate of drug-likeness (QED) is 0.666. The molecule has 2 heterocycles. The molecule has 4 heteroatoms. The summed E-state index contributed by atoms with van der Waals surface area (Å²) >= 11 is 3.76. The maximum absolute atomic E-state index is 5.80. The molecule has 94 valence electrons. The van der Waals surface area contributed by atoms with E-state index in [1.807, 2.05) is 23.1 Å². The second-order valence-corrected chi connectivity index (χ2v) is 6.93. The number of thiophene rings is 1. The van der Waals surface area contributed by atoms with Crippen LogP contribution in [-0.2, 0) is 0 Å². The van der Waals surface area contributed by atoms with Gasteiger partial charge in [0.05, 0.1) is 6.04 Å². The van der Waals surface area contributed by atoms with Crippen molar-refractivity contribution >= 4 is 23.1 Å². The van der Waals surface area contributed by atoms with E-state index in [4.69, 9.17) is 5.84 Å². The maximum atomic E-state index is 5.80. The fourth-order valence-corrected chi connectivity index (χ4v) is 4.78. The Bertz CT molecular complexity index is 550. The smallest absolute Gasteiger partial charge is 0.0630 e. The molecule has 0 amide bonds. The highest BCUT2D eigenvalue weighted by atomic mass is 32.2. The van der Waals surface area contributed by atoms with Gasteiger partial charge in [-0.3, -0.25) is 11.3 Å². The van der Waals surface area contributed by atoms with E-state index in [0.29, 0.717) is 5.92 Å². The number of nitrogens with one attached hydrogen (secondary N) is 1. The lowest BCUT2D eigenvalue weighted by Crippen LogP contribution is -2.32. The standard InChI is InChI=1S/C14H16N2S2/c1-9-6-7-13(18-9)14(16-15)11-8-17-12-5-3-2-4-10(11)12/h2-7,11,14,16H,8,15H2,1H3. The summed E-state index contributed by atoms with van der Waals surface area (Å²) in [5, 5.41) is 0. The first-order valence-electron chi connectivity index (χ1n) is 6.04.